The number of pyridine rings is 2. The van der Waals surface area contributed by atoms with E-state index in [9.17, 15) is 19.2 Å². The molecular formula is C31H29FN8O3. The Hall–Kier alpha value is -5.18. The van der Waals surface area contributed by atoms with Crippen LogP contribution in [0.2, 0.25) is 0 Å². The van der Waals surface area contributed by atoms with Crippen LogP contribution in [0.15, 0.2) is 55.2 Å². The van der Waals surface area contributed by atoms with Crippen molar-refractivity contribution >= 4 is 40.1 Å². The van der Waals surface area contributed by atoms with E-state index >= 15 is 0 Å². The lowest BCUT2D eigenvalue weighted by atomic mass is 9.95. The summed E-state index contributed by atoms with van der Waals surface area (Å²) in [7, 11) is 0. The highest BCUT2D eigenvalue weighted by Crippen LogP contribution is 2.36. The Morgan fingerprint density at radius 3 is 2.77 bits per heavy atom. The average molecular weight is 581 g/mol. The van der Waals surface area contributed by atoms with Gasteiger partial charge in [-0.3, -0.25) is 9.88 Å². The Balaban J connectivity index is 1.16. The second-order valence-electron chi connectivity index (χ2n) is 10.6. The van der Waals surface area contributed by atoms with Crippen molar-refractivity contribution in [3.8, 4) is 6.07 Å². The third-order valence-corrected chi connectivity index (χ3v) is 7.81. The number of halogens is 1. The van der Waals surface area contributed by atoms with Gasteiger partial charge in [-0.05, 0) is 55.5 Å². The molecule has 2 aliphatic rings. The Morgan fingerprint density at radius 2 is 1.98 bits per heavy atom. The van der Waals surface area contributed by atoms with Gasteiger partial charge in [0.1, 0.15) is 24.0 Å². The molecule has 0 spiro atoms. The number of piperidine rings is 1. The normalized spacial score (nSPS) is 15.4. The molecule has 11 nitrogen and oxygen atoms in total. The standard InChI is InChI=1S/C31H29FN8O3/c1-2-11-43-30(41)27-13-26-24(16-35-27)29(37-19-36-26)38-9-6-20(7-10-38)17-39-18-22-15-34-8-5-28(22)40(31(39)42)23-3-4-25(32)21(12-23)14-33/h3-5,8,12-13,15-16,19-20H,2,6-7,9-11,17-18H2,1H3. The Kier molecular flexibility index (Phi) is 7.79. The summed E-state index contributed by atoms with van der Waals surface area (Å²) in [5.74, 6) is -0.0982. The van der Waals surface area contributed by atoms with Gasteiger partial charge in [-0.15, -0.1) is 0 Å². The van der Waals surface area contributed by atoms with Gasteiger partial charge in [0.25, 0.3) is 0 Å². The first-order valence-corrected chi connectivity index (χ1v) is 14.2. The van der Waals surface area contributed by atoms with Crippen LogP contribution in [0.4, 0.5) is 26.4 Å². The fraction of sp³-hybridized carbons (Fsp3) is 0.323. The molecule has 3 aromatic heterocycles. The number of aromatic nitrogens is 4. The minimum Gasteiger partial charge on any atom is -0.461 e. The van der Waals surface area contributed by atoms with Gasteiger partial charge in [-0.25, -0.2) is 28.9 Å². The third kappa shape index (κ3) is 5.53. The first kappa shape index (κ1) is 28.0. The number of rotatable bonds is 7. The highest BCUT2D eigenvalue weighted by Gasteiger charge is 2.34. The summed E-state index contributed by atoms with van der Waals surface area (Å²) in [6.45, 7) is 4.67. The third-order valence-electron chi connectivity index (χ3n) is 7.81. The number of nitriles is 1. The lowest BCUT2D eigenvalue weighted by Gasteiger charge is -2.40. The number of hydrogen-bond donors (Lipinski definition) is 0. The Morgan fingerprint density at radius 1 is 1.14 bits per heavy atom. The molecule has 12 heteroatoms. The topological polar surface area (TPSA) is 128 Å². The fourth-order valence-corrected chi connectivity index (χ4v) is 5.62. The summed E-state index contributed by atoms with van der Waals surface area (Å²) in [4.78, 5) is 49.0. The maximum atomic E-state index is 14.1. The minimum absolute atomic E-state index is 0.120. The predicted molar refractivity (Wildman–Crippen MR) is 156 cm³/mol. The number of benzene rings is 1. The zero-order valence-electron chi connectivity index (χ0n) is 23.6. The quantitative estimate of drug-likeness (QED) is 0.278. The van der Waals surface area contributed by atoms with Crippen molar-refractivity contribution < 1.29 is 18.7 Å². The van der Waals surface area contributed by atoms with E-state index < -0.39 is 11.8 Å². The molecule has 2 aliphatic heterocycles. The number of amides is 2. The van der Waals surface area contributed by atoms with Crippen molar-refractivity contribution in [2.24, 2.45) is 5.92 Å². The number of urea groups is 1. The number of hydrogen-bond acceptors (Lipinski definition) is 9. The largest absolute Gasteiger partial charge is 0.461 e. The molecular weight excluding hydrogens is 551 g/mol. The fourth-order valence-electron chi connectivity index (χ4n) is 5.62. The molecule has 4 aromatic rings. The van der Waals surface area contributed by atoms with Gasteiger partial charge in [-0.1, -0.05) is 6.92 Å². The molecule has 0 unspecified atom stereocenters. The van der Waals surface area contributed by atoms with Gasteiger partial charge in [0.2, 0.25) is 0 Å². The summed E-state index contributed by atoms with van der Waals surface area (Å²) in [5, 5.41) is 10.1. The minimum atomic E-state index is -0.628. The number of esters is 1. The van der Waals surface area contributed by atoms with Gasteiger partial charge in [-0.2, -0.15) is 5.26 Å². The van der Waals surface area contributed by atoms with E-state index in [2.05, 4.69) is 24.8 Å². The van der Waals surface area contributed by atoms with E-state index in [1.165, 1.54) is 29.4 Å². The summed E-state index contributed by atoms with van der Waals surface area (Å²) >= 11 is 0. The van der Waals surface area contributed by atoms with E-state index in [1.54, 1.807) is 35.6 Å². The van der Waals surface area contributed by atoms with Gasteiger partial charge >= 0.3 is 12.0 Å². The summed E-state index contributed by atoms with van der Waals surface area (Å²) in [6.07, 6.45) is 8.86. The molecule has 43 heavy (non-hydrogen) atoms. The maximum absolute atomic E-state index is 14.1. The van der Waals surface area contributed by atoms with Crippen molar-refractivity contribution in [2.75, 3.05) is 36.0 Å². The molecule has 1 aromatic carbocycles. The van der Waals surface area contributed by atoms with Crippen molar-refractivity contribution in [2.45, 2.75) is 32.7 Å². The zero-order valence-corrected chi connectivity index (χ0v) is 23.6. The zero-order chi connectivity index (χ0) is 29.9. The van der Waals surface area contributed by atoms with Crippen LogP contribution in [0, 0.1) is 23.1 Å². The lowest BCUT2D eigenvalue weighted by molar-refractivity contribution is 0.0498. The molecule has 2 amide bonds. The van der Waals surface area contributed by atoms with Crippen LogP contribution < -0.4 is 9.80 Å². The Bertz CT molecular complexity index is 1730. The van der Waals surface area contributed by atoms with Crippen LogP contribution in [0.5, 0.6) is 0 Å². The number of fused-ring (bicyclic) bond motifs is 2. The van der Waals surface area contributed by atoms with Gasteiger partial charge < -0.3 is 14.5 Å². The number of nitrogens with zero attached hydrogens (tertiary/aromatic N) is 8. The molecule has 0 aliphatic carbocycles. The first-order valence-electron chi connectivity index (χ1n) is 14.2. The summed E-state index contributed by atoms with van der Waals surface area (Å²) in [6, 6.07) is 9.15. The molecule has 0 radical (unpaired) electrons. The molecule has 0 saturated carbocycles. The molecule has 5 heterocycles. The highest BCUT2D eigenvalue weighted by molar-refractivity contribution is 6.02. The molecule has 0 bridgehead atoms. The van der Waals surface area contributed by atoms with Gasteiger partial charge in [0, 0.05) is 43.8 Å². The van der Waals surface area contributed by atoms with Crippen molar-refractivity contribution in [3.63, 3.8) is 0 Å². The van der Waals surface area contributed by atoms with Gasteiger partial charge in [0.05, 0.1) is 41.0 Å². The predicted octanol–water partition coefficient (Wildman–Crippen LogP) is 4.99. The number of carbonyl (C=O) groups is 2. The Labute approximate surface area is 247 Å². The lowest BCUT2D eigenvalue weighted by Crippen LogP contribution is -2.48. The molecule has 0 N–H and O–H groups in total. The molecule has 218 valence electrons. The summed E-state index contributed by atoms with van der Waals surface area (Å²) < 4.78 is 19.3. The average Bonchev–Trinajstić information content (AvgIpc) is 3.04. The van der Waals surface area contributed by atoms with Crippen LogP contribution in [-0.2, 0) is 11.3 Å². The van der Waals surface area contributed by atoms with Crippen LogP contribution in [0.1, 0.15) is 47.8 Å². The molecule has 1 saturated heterocycles. The van der Waals surface area contributed by atoms with Crippen molar-refractivity contribution in [1.29, 1.82) is 5.26 Å². The summed E-state index contributed by atoms with van der Waals surface area (Å²) in [5.41, 5.74) is 2.70. The number of ether oxygens (including phenoxy) is 1. The SMILES string of the molecule is CCCOC(=O)c1cc2ncnc(N3CCC(CN4Cc5cnccc5N(c5ccc(F)c(C#N)c5)C4=O)CC3)c2cn1. The molecule has 0 atom stereocenters. The van der Waals surface area contributed by atoms with Gasteiger partial charge in [0.15, 0.2) is 5.69 Å². The van der Waals surface area contributed by atoms with Crippen LogP contribution in [-0.4, -0.2) is 63.1 Å². The van der Waals surface area contributed by atoms with Crippen LogP contribution >= 0.6 is 0 Å². The van der Waals surface area contributed by atoms with E-state index in [0.29, 0.717) is 36.6 Å². The van der Waals surface area contributed by atoms with Crippen molar-refractivity contribution in [3.05, 3.63) is 77.9 Å². The van der Waals surface area contributed by atoms with Crippen molar-refractivity contribution in [1.82, 2.24) is 24.8 Å². The molecule has 6 rings (SSSR count). The van der Waals surface area contributed by atoms with E-state index in [4.69, 9.17) is 4.74 Å². The highest BCUT2D eigenvalue weighted by atomic mass is 19.1. The first-order chi connectivity index (χ1) is 21.0. The smallest absolute Gasteiger partial charge is 0.356 e. The van der Waals surface area contributed by atoms with E-state index in [1.807, 2.05) is 13.0 Å². The van der Waals surface area contributed by atoms with E-state index in [0.717, 1.165) is 49.1 Å². The van der Waals surface area contributed by atoms with Crippen LogP contribution in [0.25, 0.3) is 10.9 Å². The molecule has 1 fully saturated rings. The van der Waals surface area contributed by atoms with Crippen LogP contribution in [0.3, 0.4) is 0 Å². The van der Waals surface area contributed by atoms with E-state index in [-0.39, 0.29) is 23.2 Å². The second kappa shape index (κ2) is 12.0. The maximum Gasteiger partial charge on any atom is 0.356 e. The number of carbonyl (C=O) groups excluding carboxylic acids is 2. The second-order valence-corrected chi connectivity index (χ2v) is 10.6. The number of anilines is 3. The monoisotopic (exact) mass is 580 g/mol.